The number of carbonyl (C=O) groups is 1. The summed E-state index contributed by atoms with van der Waals surface area (Å²) in [6.45, 7) is 2.76. The number of halogens is 1. The van der Waals surface area contributed by atoms with Crippen LogP contribution < -0.4 is 5.32 Å². The van der Waals surface area contributed by atoms with Crippen molar-refractivity contribution in [2.24, 2.45) is 5.41 Å². The molecule has 0 unspecified atom stereocenters. The maximum absolute atomic E-state index is 13.0. The van der Waals surface area contributed by atoms with E-state index in [4.69, 9.17) is 4.74 Å². The van der Waals surface area contributed by atoms with Crippen LogP contribution in [0.1, 0.15) is 52.8 Å². The zero-order chi connectivity index (χ0) is 18.1. The highest BCUT2D eigenvalue weighted by atomic mass is 32.1. The number of rotatable bonds is 6. The molecule has 2 fully saturated rings. The first-order valence-corrected chi connectivity index (χ1v) is 10.0. The number of thiazole rings is 1. The molecule has 0 bridgehead atoms. The zero-order valence-electron chi connectivity index (χ0n) is 14.8. The second-order valence-electron chi connectivity index (χ2n) is 7.21. The van der Waals surface area contributed by atoms with Gasteiger partial charge >= 0.3 is 0 Å². The van der Waals surface area contributed by atoms with Crippen molar-refractivity contribution in [2.75, 3.05) is 6.61 Å². The highest BCUT2D eigenvalue weighted by Gasteiger charge is 2.59. The van der Waals surface area contributed by atoms with Gasteiger partial charge in [-0.05, 0) is 43.9 Å². The molecule has 26 heavy (non-hydrogen) atoms. The van der Waals surface area contributed by atoms with E-state index in [0.29, 0.717) is 17.4 Å². The van der Waals surface area contributed by atoms with E-state index >= 15 is 0 Å². The molecule has 1 spiro atoms. The molecule has 4 rings (SSSR count). The average molecular weight is 374 g/mol. The number of nitrogens with zero attached hydrogens (tertiary/aromatic N) is 1. The number of carbonyl (C=O) groups excluding carboxylic acids is 1. The number of aromatic nitrogens is 1. The number of amides is 1. The molecule has 2 aliphatic rings. The first-order chi connectivity index (χ1) is 12.6. The maximum Gasteiger partial charge on any atom is 0.263 e. The molecule has 2 aromatic rings. The van der Waals surface area contributed by atoms with Gasteiger partial charge in [-0.2, -0.15) is 0 Å². The minimum Gasteiger partial charge on any atom is -0.378 e. The second kappa shape index (κ2) is 7.08. The van der Waals surface area contributed by atoms with Crippen LogP contribution in [0.5, 0.6) is 0 Å². The summed E-state index contributed by atoms with van der Waals surface area (Å²) in [6.07, 6.45) is 6.95. The van der Waals surface area contributed by atoms with Crippen LogP contribution in [-0.4, -0.2) is 29.6 Å². The van der Waals surface area contributed by atoms with E-state index in [1.807, 2.05) is 6.92 Å². The van der Waals surface area contributed by atoms with Crippen LogP contribution in [0.4, 0.5) is 4.39 Å². The van der Waals surface area contributed by atoms with Crippen molar-refractivity contribution in [2.45, 2.75) is 51.2 Å². The van der Waals surface area contributed by atoms with Crippen LogP contribution in [0.15, 0.2) is 30.5 Å². The van der Waals surface area contributed by atoms with Gasteiger partial charge in [-0.1, -0.05) is 18.6 Å². The molecule has 2 aliphatic carbocycles. The highest BCUT2D eigenvalue weighted by molar-refractivity contribution is 7.13. The quantitative estimate of drug-likeness (QED) is 0.833. The van der Waals surface area contributed by atoms with Gasteiger partial charge in [-0.15, -0.1) is 11.3 Å². The summed E-state index contributed by atoms with van der Waals surface area (Å²) in [7, 11) is 0. The third-order valence-corrected chi connectivity index (χ3v) is 6.78. The smallest absolute Gasteiger partial charge is 0.263 e. The lowest BCUT2D eigenvalue weighted by molar-refractivity contribution is -0.169. The Labute approximate surface area is 156 Å². The molecule has 2 atom stereocenters. The Morgan fingerprint density at radius 1 is 1.38 bits per heavy atom. The molecule has 2 saturated carbocycles. The summed E-state index contributed by atoms with van der Waals surface area (Å²) >= 11 is 1.41. The fourth-order valence-corrected chi connectivity index (χ4v) is 5.00. The summed E-state index contributed by atoms with van der Waals surface area (Å²) < 4.78 is 18.8. The Hall–Kier alpha value is -1.79. The van der Waals surface area contributed by atoms with Crippen molar-refractivity contribution >= 4 is 17.2 Å². The van der Waals surface area contributed by atoms with Gasteiger partial charge in [0.1, 0.15) is 10.7 Å². The van der Waals surface area contributed by atoms with E-state index in [0.717, 1.165) is 36.4 Å². The van der Waals surface area contributed by atoms with Crippen molar-refractivity contribution in [3.05, 3.63) is 51.7 Å². The Kier molecular flexibility index (Phi) is 4.80. The van der Waals surface area contributed by atoms with E-state index in [1.165, 1.54) is 29.9 Å². The van der Waals surface area contributed by atoms with E-state index in [1.54, 1.807) is 18.3 Å². The van der Waals surface area contributed by atoms with Crippen LogP contribution >= 0.6 is 11.3 Å². The normalized spacial score (nSPS) is 23.3. The van der Waals surface area contributed by atoms with E-state index in [9.17, 15) is 9.18 Å². The lowest BCUT2D eigenvalue weighted by Gasteiger charge is -2.60. The van der Waals surface area contributed by atoms with Crippen molar-refractivity contribution in [3.63, 3.8) is 0 Å². The Bertz CT molecular complexity index is 785. The lowest BCUT2D eigenvalue weighted by Crippen LogP contribution is -2.67. The van der Waals surface area contributed by atoms with Crippen molar-refractivity contribution in [1.29, 1.82) is 0 Å². The molecule has 1 aromatic carbocycles. The Morgan fingerprint density at radius 2 is 2.15 bits per heavy atom. The third kappa shape index (κ3) is 3.16. The van der Waals surface area contributed by atoms with Gasteiger partial charge in [0.2, 0.25) is 0 Å². The van der Waals surface area contributed by atoms with Crippen LogP contribution in [0, 0.1) is 11.2 Å². The fraction of sp³-hybridized carbons (Fsp3) is 0.500. The second-order valence-corrected chi connectivity index (χ2v) is 8.33. The van der Waals surface area contributed by atoms with E-state index < -0.39 is 0 Å². The average Bonchev–Trinajstić information content (AvgIpc) is 3.03. The van der Waals surface area contributed by atoms with Crippen LogP contribution in [-0.2, 0) is 11.2 Å². The molecule has 4 nitrogen and oxygen atoms in total. The van der Waals surface area contributed by atoms with Crippen molar-refractivity contribution in [1.82, 2.24) is 10.3 Å². The van der Waals surface area contributed by atoms with Gasteiger partial charge in [-0.3, -0.25) is 4.79 Å². The predicted molar refractivity (Wildman–Crippen MR) is 98.9 cm³/mol. The van der Waals surface area contributed by atoms with Gasteiger partial charge in [-0.25, -0.2) is 9.37 Å². The minimum absolute atomic E-state index is 0.0425. The van der Waals surface area contributed by atoms with Crippen LogP contribution in [0.25, 0.3) is 0 Å². The number of benzene rings is 1. The number of ether oxygens (including phenoxy) is 1. The van der Waals surface area contributed by atoms with Crippen LogP contribution in [0.3, 0.4) is 0 Å². The Morgan fingerprint density at radius 3 is 2.81 bits per heavy atom. The number of hydrogen-bond acceptors (Lipinski definition) is 4. The van der Waals surface area contributed by atoms with E-state index in [2.05, 4.69) is 10.3 Å². The number of hydrogen-bond donors (Lipinski definition) is 1. The highest BCUT2D eigenvalue weighted by Crippen LogP contribution is 2.57. The standard InChI is InChI=1S/C20H23FN2O2S/c1-2-25-17-11-16(20(17)8-3-9-20)23-19(24)15-12-22-18(26-15)10-13-4-6-14(21)7-5-13/h4-7,12,16-17H,2-3,8-11H2,1H3,(H,23,24)/t16-,17+/m0/s1. The summed E-state index contributed by atoms with van der Waals surface area (Å²) in [4.78, 5) is 17.6. The summed E-state index contributed by atoms with van der Waals surface area (Å²) in [6, 6.07) is 6.60. The Balaban J connectivity index is 1.37. The van der Waals surface area contributed by atoms with Gasteiger partial charge in [0.15, 0.2) is 0 Å². The zero-order valence-corrected chi connectivity index (χ0v) is 15.7. The largest absolute Gasteiger partial charge is 0.378 e. The molecule has 1 heterocycles. The van der Waals surface area contributed by atoms with Gasteiger partial charge in [0, 0.05) is 24.5 Å². The summed E-state index contributed by atoms with van der Waals surface area (Å²) in [5.74, 6) is -0.289. The van der Waals surface area contributed by atoms with Gasteiger partial charge in [0.05, 0.1) is 17.3 Å². The van der Waals surface area contributed by atoms with Gasteiger partial charge in [0.25, 0.3) is 5.91 Å². The third-order valence-electron chi connectivity index (χ3n) is 5.79. The molecular weight excluding hydrogens is 351 g/mol. The molecule has 1 N–H and O–H groups in total. The number of nitrogens with one attached hydrogen (secondary N) is 1. The summed E-state index contributed by atoms with van der Waals surface area (Å²) in [5.41, 5.74) is 1.15. The maximum atomic E-state index is 13.0. The molecule has 1 aromatic heterocycles. The van der Waals surface area contributed by atoms with Crippen molar-refractivity contribution < 1.29 is 13.9 Å². The molecule has 138 valence electrons. The minimum atomic E-state index is -0.247. The molecule has 1 amide bonds. The SMILES string of the molecule is CCO[C@@H]1C[C@H](NC(=O)c2cnc(Cc3ccc(F)cc3)s2)C12CCC2. The molecule has 0 saturated heterocycles. The molecule has 6 heteroatoms. The topological polar surface area (TPSA) is 51.2 Å². The first-order valence-electron chi connectivity index (χ1n) is 9.22. The predicted octanol–water partition coefficient (Wildman–Crippen LogP) is 3.95. The molecular formula is C20H23FN2O2S. The summed E-state index contributed by atoms with van der Waals surface area (Å²) in [5, 5.41) is 4.06. The lowest BCUT2D eigenvalue weighted by atomic mass is 9.51. The fourth-order valence-electron chi connectivity index (χ4n) is 4.14. The van der Waals surface area contributed by atoms with Crippen molar-refractivity contribution in [3.8, 4) is 0 Å². The molecule has 0 aliphatic heterocycles. The first kappa shape index (κ1) is 17.6. The van der Waals surface area contributed by atoms with Gasteiger partial charge < -0.3 is 10.1 Å². The molecule has 0 radical (unpaired) electrons. The van der Waals surface area contributed by atoms with E-state index in [-0.39, 0.29) is 23.2 Å². The monoisotopic (exact) mass is 374 g/mol. The van der Waals surface area contributed by atoms with Crippen LogP contribution in [0.2, 0.25) is 0 Å².